The van der Waals surface area contributed by atoms with E-state index >= 15 is 0 Å². The number of carbonyl (C=O) groups excluding carboxylic acids is 1. The zero-order chi connectivity index (χ0) is 16.5. The Bertz CT molecular complexity index is 980. The van der Waals surface area contributed by atoms with Crippen molar-refractivity contribution in [1.29, 1.82) is 0 Å². The fraction of sp³-hybridized carbons (Fsp3) is 0.111. The van der Waals surface area contributed by atoms with Crippen molar-refractivity contribution < 1.29 is 14.3 Å². The molecule has 2 N–H and O–H groups in total. The Labute approximate surface area is 137 Å². The van der Waals surface area contributed by atoms with E-state index in [4.69, 9.17) is 9.47 Å². The van der Waals surface area contributed by atoms with Gasteiger partial charge in [0.05, 0.1) is 0 Å². The van der Waals surface area contributed by atoms with Gasteiger partial charge in [0, 0.05) is 22.7 Å². The van der Waals surface area contributed by atoms with Crippen LogP contribution in [-0.2, 0) is 4.79 Å². The minimum absolute atomic E-state index is 0.133. The Morgan fingerprint density at radius 1 is 1.04 bits per heavy atom. The lowest BCUT2D eigenvalue weighted by Crippen LogP contribution is -2.40. The number of fused-ring (bicyclic) bond motifs is 2. The molecule has 2 aromatic carbocycles. The number of aromatic nitrogens is 1. The van der Waals surface area contributed by atoms with Crippen molar-refractivity contribution in [2.24, 2.45) is 0 Å². The molecule has 1 atom stereocenters. The van der Waals surface area contributed by atoms with E-state index in [-0.39, 0.29) is 18.1 Å². The van der Waals surface area contributed by atoms with Crippen molar-refractivity contribution in [2.45, 2.75) is 6.10 Å². The molecule has 6 nitrogen and oxygen atoms in total. The monoisotopic (exact) mass is 322 g/mol. The SMILES string of the molecule is O=C(Nc1cccc2c(=O)[nH]ccc12)C1COc2ccccc2O1. The van der Waals surface area contributed by atoms with Crippen LogP contribution < -0.4 is 20.3 Å². The standard InChI is InChI=1S/C18H14N2O4/c21-17-12-4-3-5-13(11(12)8-9-19-17)20-18(22)16-10-23-14-6-1-2-7-15(14)24-16/h1-9,16H,10H2,(H,19,21)(H,20,22). The first-order valence-corrected chi connectivity index (χ1v) is 7.52. The van der Waals surface area contributed by atoms with E-state index in [1.165, 1.54) is 0 Å². The first kappa shape index (κ1) is 14.3. The summed E-state index contributed by atoms with van der Waals surface area (Å²) in [6.07, 6.45) is 0.800. The van der Waals surface area contributed by atoms with Crippen LogP contribution in [0.2, 0.25) is 0 Å². The van der Waals surface area contributed by atoms with Crippen molar-refractivity contribution in [3.8, 4) is 11.5 Å². The van der Waals surface area contributed by atoms with Crippen molar-refractivity contribution >= 4 is 22.4 Å². The molecule has 1 aliphatic heterocycles. The van der Waals surface area contributed by atoms with E-state index in [1.807, 2.05) is 12.1 Å². The zero-order valence-electron chi connectivity index (χ0n) is 12.6. The number of hydrogen-bond acceptors (Lipinski definition) is 4. The molecule has 1 unspecified atom stereocenters. The first-order valence-electron chi connectivity index (χ1n) is 7.52. The number of para-hydroxylation sites is 2. The van der Waals surface area contributed by atoms with Gasteiger partial charge in [0.2, 0.25) is 6.10 Å². The van der Waals surface area contributed by atoms with Gasteiger partial charge in [-0.2, -0.15) is 0 Å². The average Bonchev–Trinajstić information content (AvgIpc) is 2.62. The fourth-order valence-corrected chi connectivity index (χ4v) is 2.69. The van der Waals surface area contributed by atoms with E-state index < -0.39 is 6.10 Å². The Morgan fingerprint density at radius 2 is 1.88 bits per heavy atom. The number of aromatic amines is 1. The maximum absolute atomic E-state index is 12.5. The van der Waals surface area contributed by atoms with Gasteiger partial charge in [-0.25, -0.2) is 0 Å². The molecule has 0 saturated heterocycles. The normalized spacial score (nSPS) is 15.9. The number of carbonyl (C=O) groups is 1. The largest absolute Gasteiger partial charge is 0.485 e. The summed E-state index contributed by atoms with van der Waals surface area (Å²) in [4.78, 5) is 27.0. The van der Waals surface area contributed by atoms with Crippen molar-refractivity contribution in [3.05, 3.63) is 65.1 Å². The summed E-state index contributed by atoms with van der Waals surface area (Å²) in [5.41, 5.74) is 0.362. The Balaban J connectivity index is 1.60. The van der Waals surface area contributed by atoms with Gasteiger partial charge in [0.1, 0.15) is 6.61 Å². The second kappa shape index (κ2) is 5.73. The number of benzene rings is 2. The summed E-state index contributed by atoms with van der Waals surface area (Å²) >= 11 is 0. The molecule has 4 rings (SSSR count). The van der Waals surface area contributed by atoms with E-state index in [9.17, 15) is 9.59 Å². The fourth-order valence-electron chi connectivity index (χ4n) is 2.69. The highest BCUT2D eigenvalue weighted by molar-refractivity contribution is 6.03. The second-order valence-electron chi connectivity index (χ2n) is 5.43. The van der Waals surface area contributed by atoms with Crippen LogP contribution in [0, 0.1) is 0 Å². The minimum Gasteiger partial charge on any atom is -0.485 e. The molecule has 1 aromatic heterocycles. The number of anilines is 1. The number of rotatable bonds is 2. The van der Waals surface area contributed by atoms with Crippen LogP contribution in [0.4, 0.5) is 5.69 Å². The maximum atomic E-state index is 12.5. The van der Waals surface area contributed by atoms with Crippen LogP contribution in [0.1, 0.15) is 0 Å². The van der Waals surface area contributed by atoms with Crippen LogP contribution in [0.25, 0.3) is 10.8 Å². The summed E-state index contributed by atoms with van der Waals surface area (Å²) in [5, 5.41) is 4.00. The molecule has 0 aliphatic carbocycles. The van der Waals surface area contributed by atoms with Gasteiger partial charge >= 0.3 is 0 Å². The van der Waals surface area contributed by atoms with Crippen molar-refractivity contribution in [3.63, 3.8) is 0 Å². The summed E-state index contributed by atoms with van der Waals surface area (Å²) in [7, 11) is 0. The molecular weight excluding hydrogens is 308 g/mol. The molecule has 0 bridgehead atoms. The van der Waals surface area contributed by atoms with Gasteiger partial charge in [-0.3, -0.25) is 9.59 Å². The maximum Gasteiger partial charge on any atom is 0.269 e. The summed E-state index contributed by atoms with van der Waals surface area (Å²) in [6, 6.07) is 14.1. The Morgan fingerprint density at radius 3 is 2.75 bits per heavy atom. The molecule has 0 spiro atoms. The number of ether oxygens (including phenoxy) is 2. The number of H-pyrrole nitrogens is 1. The lowest BCUT2D eigenvalue weighted by molar-refractivity contribution is -0.125. The molecule has 24 heavy (non-hydrogen) atoms. The molecular formula is C18H14N2O4. The van der Waals surface area contributed by atoms with E-state index in [2.05, 4.69) is 10.3 Å². The lowest BCUT2D eigenvalue weighted by atomic mass is 10.1. The molecule has 0 fully saturated rings. The number of pyridine rings is 1. The molecule has 6 heteroatoms. The van der Waals surface area contributed by atoms with Crippen LogP contribution >= 0.6 is 0 Å². The Kier molecular flexibility index (Phi) is 3.42. The summed E-state index contributed by atoms with van der Waals surface area (Å²) in [5.74, 6) is 0.841. The molecule has 1 aliphatic rings. The summed E-state index contributed by atoms with van der Waals surface area (Å²) < 4.78 is 11.3. The Hall–Kier alpha value is -3.28. The van der Waals surface area contributed by atoms with Crippen molar-refractivity contribution in [1.82, 2.24) is 4.98 Å². The zero-order valence-corrected chi connectivity index (χ0v) is 12.6. The van der Waals surface area contributed by atoms with Gasteiger partial charge in [-0.1, -0.05) is 18.2 Å². The van der Waals surface area contributed by atoms with Gasteiger partial charge in [0.25, 0.3) is 11.5 Å². The van der Waals surface area contributed by atoms with Crippen LogP contribution in [0.15, 0.2) is 59.5 Å². The average molecular weight is 322 g/mol. The molecule has 3 aromatic rings. The number of amides is 1. The minimum atomic E-state index is -0.753. The van der Waals surface area contributed by atoms with E-state index in [1.54, 1.807) is 42.6 Å². The number of nitrogens with one attached hydrogen (secondary N) is 2. The van der Waals surface area contributed by atoms with E-state index in [0.717, 1.165) is 0 Å². The third-order valence-electron chi connectivity index (χ3n) is 3.87. The highest BCUT2D eigenvalue weighted by atomic mass is 16.6. The molecule has 0 saturated carbocycles. The van der Waals surface area contributed by atoms with Crippen LogP contribution in [-0.4, -0.2) is 23.6 Å². The predicted octanol–water partition coefficient (Wildman–Crippen LogP) is 2.31. The van der Waals surface area contributed by atoms with Crippen molar-refractivity contribution in [2.75, 3.05) is 11.9 Å². The molecule has 120 valence electrons. The number of hydrogen-bond donors (Lipinski definition) is 2. The lowest BCUT2D eigenvalue weighted by Gasteiger charge is -2.25. The molecule has 2 heterocycles. The highest BCUT2D eigenvalue weighted by Crippen LogP contribution is 2.31. The van der Waals surface area contributed by atoms with Crippen LogP contribution in [0.5, 0.6) is 11.5 Å². The van der Waals surface area contributed by atoms with Gasteiger partial charge in [0.15, 0.2) is 11.5 Å². The quantitative estimate of drug-likeness (QED) is 0.759. The van der Waals surface area contributed by atoms with Gasteiger partial charge in [-0.05, 0) is 30.3 Å². The summed E-state index contributed by atoms with van der Waals surface area (Å²) in [6.45, 7) is 0.133. The molecule has 0 radical (unpaired) electrons. The third kappa shape index (κ3) is 2.48. The van der Waals surface area contributed by atoms with Gasteiger partial charge in [-0.15, -0.1) is 0 Å². The second-order valence-corrected chi connectivity index (χ2v) is 5.43. The van der Waals surface area contributed by atoms with E-state index in [0.29, 0.717) is 28.0 Å². The highest BCUT2D eigenvalue weighted by Gasteiger charge is 2.27. The molecule has 1 amide bonds. The smallest absolute Gasteiger partial charge is 0.269 e. The van der Waals surface area contributed by atoms with Gasteiger partial charge < -0.3 is 19.8 Å². The first-order chi connectivity index (χ1) is 11.7. The van der Waals surface area contributed by atoms with Crippen LogP contribution in [0.3, 0.4) is 0 Å². The predicted molar refractivity (Wildman–Crippen MR) is 89.6 cm³/mol. The third-order valence-corrected chi connectivity index (χ3v) is 3.87. The topological polar surface area (TPSA) is 80.4 Å².